The van der Waals surface area contributed by atoms with Crippen LogP contribution >= 0.6 is 0 Å². The van der Waals surface area contributed by atoms with Crippen molar-refractivity contribution >= 4 is 18.0 Å². The molecule has 0 atom stereocenters. The van der Waals surface area contributed by atoms with E-state index in [2.05, 4.69) is 20.8 Å². The van der Waals surface area contributed by atoms with E-state index in [1.807, 2.05) is 0 Å². The van der Waals surface area contributed by atoms with Crippen LogP contribution in [0.3, 0.4) is 0 Å². The highest BCUT2D eigenvalue weighted by atomic mass is 16.2. The molecule has 0 aliphatic rings. The second-order valence-corrected chi connectivity index (χ2v) is 4.69. The second kappa shape index (κ2) is 5.90. The van der Waals surface area contributed by atoms with Crippen molar-refractivity contribution in [2.75, 3.05) is 0 Å². The first kappa shape index (κ1) is 13.8. The van der Waals surface area contributed by atoms with Crippen molar-refractivity contribution < 1.29 is 9.59 Å². The van der Waals surface area contributed by atoms with Crippen molar-refractivity contribution in [3.8, 4) is 0 Å². The fourth-order valence-corrected chi connectivity index (χ4v) is 1.07. The Morgan fingerprint density at radius 1 is 1.33 bits per heavy atom. The van der Waals surface area contributed by atoms with Gasteiger partial charge in [-0.25, -0.2) is 5.43 Å². The number of pyridine rings is 1. The van der Waals surface area contributed by atoms with Crippen LogP contribution in [0.4, 0.5) is 0 Å². The first-order chi connectivity index (χ1) is 8.38. The third kappa shape index (κ3) is 5.20. The molecule has 18 heavy (non-hydrogen) atoms. The molecule has 1 aromatic heterocycles. The largest absolute Gasteiger partial charge is 0.343 e. The van der Waals surface area contributed by atoms with Crippen LogP contribution in [0.15, 0.2) is 29.6 Å². The fraction of sp³-hybridized carbons (Fsp3) is 0.333. The van der Waals surface area contributed by atoms with Crippen molar-refractivity contribution in [3.05, 3.63) is 30.1 Å². The molecule has 0 unspecified atom stereocenters. The number of carbonyl (C=O) groups excluding carboxylic acids is 2. The van der Waals surface area contributed by atoms with Gasteiger partial charge < -0.3 is 5.32 Å². The number of hydrogen-bond acceptors (Lipinski definition) is 4. The lowest BCUT2D eigenvalue weighted by atomic mass is 10.1. The number of aromatic nitrogens is 1. The number of carbonyl (C=O) groups is 2. The molecule has 6 nitrogen and oxygen atoms in total. The summed E-state index contributed by atoms with van der Waals surface area (Å²) in [7, 11) is 0. The molecule has 6 heteroatoms. The molecule has 0 spiro atoms. The van der Waals surface area contributed by atoms with Gasteiger partial charge in [0.1, 0.15) is 0 Å². The van der Waals surface area contributed by atoms with Gasteiger partial charge in [-0.05, 0) is 26.8 Å². The van der Waals surface area contributed by atoms with Crippen LogP contribution in [0.5, 0.6) is 0 Å². The number of rotatable bonds is 2. The van der Waals surface area contributed by atoms with Gasteiger partial charge in [-0.15, -0.1) is 0 Å². The van der Waals surface area contributed by atoms with E-state index < -0.39 is 17.4 Å². The minimum atomic E-state index is -0.801. The molecule has 0 bridgehead atoms. The maximum Gasteiger partial charge on any atom is 0.329 e. The van der Waals surface area contributed by atoms with Crippen LogP contribution in [0.2, 0.25) is 0 Å². The highest BCUT2D eigenvalue weighted by molar-refractivity contribution is 6.35. The average Bonchev–Trinajstić information content (AvgIpc) is 2.28. The molecule has 0 saturated heterocycles. The lowest BCUT2D eigenvalue weighted by molar-refractivity contribution is -0.140. The molecular weight excluding hydrogens is 232 g/mol. The van der Waals surface area contributed by atoms with E-state index in [-0.39, 0.29) is 0 Å². The van der Waals surface area contributed by atoms with Crippen molar-refractivity contribution in [3.63, 3.8) is 0 Å². The van der Waals surface area contributed by atoms with Gasteiger partial charge in [-0.3, -0.25) is 14.6 Å². The lowest BCUT2D eigenvalue weighted by Gasteiger charge is -2.19. The van der Waals surface area contributed by atoms with Crippen molar-refractivity contribution in [1.82, 2.24) is 15.7 Å². The van der Waals surface area contributed by atoms with Crippen molar-refractivity contribution in [2.24, 2.45) is 5.10 Å². The molecule has 0 saturated carbocycles. The Labute approximate surface area is 105 Å². The Morgan fingerprint density at radius 3 is 2.61 bits per heavy atom. The van der Waals surface area contributed by atoms with Gasteiger partial charge in [0.05, 0.1) is 6.21 Å². The minimum Gasteiger partial charge on any atom is -0.343 e. The van der Waals surface area contributed by atoms with E-state index >= 15 is 0 Å². The summed E-state index contributed by atoms with van der Waals surface area (Å²) in [5.74, 6) is -1.52. The van der Waals surface area contributed by atoms with Crippen LogP contribution < -0.4 is 10.7 Å². The molecular formula is C12H16N4O2. The Bertz CT molecular complexity index is 449. The normalized spacial score (nSPS) is 11.3. The summed E-state index contributed by atoms with van der Waals surface area (Å²) in [6.45, 7) is 5.37. The topological polar surface area (TPSA) is 83.5 Å². The molecule has 0 aliphatic carbocycles. The summed E-state index contributed by atoms with van der Waals surface area (Å²) < 4.78 is 0. The van der Waals surface area contributed by atoms with Gasteiger partial charge in [-0.2, -0.15) is 5.10 Å². The molecule has 96 valence electrons. The smallest absolute Gasteiger partial charge is 0.329 e. The van der Waals surface area contributed by atoms with Gasteiger partial charge >= 0.3 is 11.8 Å². The first-order valence-electron chi connectivity index (χ1n) is 5.44. The van der Waals surface area contributed by atoms with Crippen LogP contribution in [-0.2, 0) is 9.59 Å². The highest BCUT2D eigenvalue weighted by Crippen LogP contribution is 1.97. The number of amides is 2. The Hall–Kier alpha value is -2.24. The number of hydrazone groups is 1. The standard InChI is InChI=1S/C12H16N4O2/c1-12(2,3)15-10(17)11(18)16-14-8-9-5-4-6-13-7-9/h4-8H,1-3H3,(H,15,17)(H,16,18). The zero-order valence-corrected chi connectivity index (χ0v) is 10.6. The lowest BCUT2D eigenvalue weighted by Crippen LogP contribution is -2.47. The summed E-state index contributed by atoms with van der Waals surface area (Å²) in [4.78, 5) is 26.6. The summed E-state index contributed by atoms with van der Waals surface area (Å²) >= 11 is 0. The predicted octanol–water partition coefficient (Wildman–Crippen LogP) is 0.446. The summed E-state index contributed by atoms with van der Waals surface area (Å²) in [6, 6.07) is 3.52. The van der Waals surface area contributed by atoms with Gasteiger partial charge in [0, 0.05) is 23.5 Å². The molecule has 0 aromatic carbocycles. The average molecular weight is 248 g/mol. The van der Waals surface area contributed by atoms with Crippen LogP contribution in [-0.4, -0.2) is 28.6 Å². The molecule has 2 N–H and O–H groups in total. The number of hydrogen-bond donors (Lipinski definition) is 2. The number of nitrogens with one attached hydrogen (secondary N) is 2. The van der Waals surface area contributed by atoms with E-state index in [0.29, 0.717) is 0 Å². The van der Waals surface area contributed by atoms with Crippen molar-refractivity contribution in [2.45, 2.75) is 26.3 Å². The molecule has 0 aliphatic heterocycles. The Balaban J connectivity index is 2.47. The molecule has 0 fully saturated rings. The zero-order chi connectivity index (χ0) is 13.6. The quantitative estimate of drug-likeness (QED) is 0.452. The molecule has 1 heterocycles. The van der Waals surface area contributed by atoms with Gasteiger partial charge in [0.2, 0.25) is 0 Å². The molecule has 2 amide bonds. The van der Waals surface area contributed by atoms with E-state index in [1.165, 1.54) is 6.21 Å². The maximum atomic E-state index is 11.4. The van der Waals surface area contributed by atoms with Gasteiger partial charge in [0.15, 0.2) is 0 Å². The molecule has 1 aromatic rings. The van der Waals surface area contributed by atoms with Crippen LogP contribution in [0, 0.1) is 0 Å². The van der Waals surface area contributed by atoms with E-state index in [9.17, 15) is 9.59 Å². The number of nitrogens with zero attached hydrogens (tertiary/aromatic N) is 2. The summed E-state index contributed by atoms with van der Waals surface area (Å²) in [5.41, 5.74) is 2.42. The molecule has 0 radical (unpaired) electrons. The van der Waals surface area contributed by atoms with Crippen LogP contribution in [0.25, 0.3) is 0 Å². The summed E-state index contributed by atoms with van der Waals surface area (Å²) in [6.07, 6.45) is 4.63. The monoisotopic (exact) mass is 248 g/mol. The predicted molar refractivity (Wildman–Crippen MR) is 67.9 cm³/mol. The third-order valence-electron chi connectivity index (χ3n) is 1.76. The van der Waals surface area contributed by atoms with Crippen LogP contribution in [0.1, 0.15) is 26.3 Å². The zero-order valence-electron chi connectivity index (χ0n) is 10.6. The fourth-order valence-electron chi connectivity index (χ4n) is 1.07. The minimum absolute atomic E-state index is 0.457. The third-order valence-corrected chi connectivity index (χ3v) is 1.76. The SMILES string of the molecule is CC(C)(C)NC(=O)C(=O)NN=Cc1cccnc1. The highest BCUT2D eigenvalue weighted by Gasteiger charge is 2.19. The Kier molecular flexibility index (Phi) is 4.53. The van der Waals surface area contributed by atoms with E-state index in [0.717, 1.165) is 5.56 Å². The van der Waals surface area contributed by atoms with Gasteiger partial charge in [-0.1, -0.05) is 6.07 Å². The maximum absolute atomic E-state index is 11.4. The molecule has 1 rings (SSSR count). The Morgan fingerprint density at radius 2 is 2.06 bits per heavy atom. The van der Waals surface area contributed by atoms with Gasteiger partial charge in [0.25, 0.3) is 0 Å². The first-order valence-corrected chi connectivity index (χ1v) is 5.44. The second-order valence-electron chi connectivity index (χ2n) is 4.69. The van der Waals surface area contributed by atoms with E-state index in [4.69, 9.17) is 0 Å². The summed E-state index contributed by atoms with van der Waals surface area (Å²) in [5, 5.41) is 6.20. The van der Waals surface area contributed by atoms with E-state index in [1.54, 1.807) is 45.3 Å². The van der Waals surface area contributed by atoms with Crippen molar-refractivity contribution in [1.29, 1.82) is 0 Å².